The molecule has 1 fully saturated rings. The van der Waals surface area contributed by atoms with Crippen LogP contribution in [0.1, 0.15) is 39.1 Å². The Morgan fingerprint density at radius 3 is 2.64 bits per heavy atom. The van der Waals surface area contributed by atoms with Crippen LogP contribution in [0.15, 0.2) is 23.4 Å². The van der Waals surface area contributed by atoms with Gasteiger partial charge in [0.05, 0.1) is 26.0 Å². The quantitative estimate of drug-likeness (QED) is 0.264. The number of amides is 2. The maximum atomic E-state index is 12.5. The van der Waals surface area contributed by atoms with E-state index in [1.807, 2.05) is 19.1 Å². The van der Waals surface area contributed by atoms with Crippen molar-refractivity contribution in [3.05, 3.63) is 29.6 Å². The van der Waals surface area contributed by atoms with E-state index >= 15 is 0 Å². The molecule has 1 aliphatic rings. The number of alkyl carbamates (subject to hydrolysis) is 1. The molecule has 39 heavy (non-hydrogen) atoms. The molecular weight excluding hydrogens is 522 g/mol. The average Bonchev–Trinajstić information content (AvgIpc) is 3.33. The lowest BCUT2D eigenvalue weighted by molar-refractivity contribution is -0.115. The van der Waals surface area contributed by atoms with Crippen LogP contribution in [-0.4, -0.2) is 77.5 Å². The second-order valence-electron chi connectivity index (χ2n) is 9.89. The number of aryl methyl sites for hydroxylation is 1. The van der Waals surface area contributed by atoms with Gasteiger partial charge in [-0.3, -0.25) is 4.79 Å². The molecule has 0 bridgehead atoms. The highest BCUT2D eigenvalue weighted by molar-refractivity contribution is 7.98. The molecule has 210 valence electrons. The first-order valence-corrected chi connectivity index (χ1v) is 13.8. The molecule has 0 radical (unpaired) electrons. The van der Waals surface area contributed by atoms with Crippen molar-refractivity contribution in [3.8, 4) is 5.75 Å². The maximum Gasteiger partial charge on any atom is 0.408 e. The summed E-state index contributed by atoms with van der Waals surface area (Å²) < 4.78 is 16.1. The van der Waals surface area contributed by atoms with E-state index in [1.54, 1.807) is 26.8 Å². The van der Waals surface area contributed by atoms with E-state index in [0.29, 0.717) is 41.2 Å². The highest BCUT2D eigenvalue weighted by Crippen LogP contribution is 2.31. The lowest BCUT2D eigenvalue weighted by Crippen LogP contribution is -2.37. The molecule has 0 saturated carbocycles. The summed E-state index contributed by atoms with van der Waals surface area (Å²) in [4.78, 5) is 44.1. The Bertz CT molecular complexity index is 1320. The molecule has 3 heterocycles. The molecule has 4 rings (SSSR count). The third-order valence-corrected chi connectivity index (χ3v) is 6.62. The molecule has 3 N–H and O–H groups in total. The van der Waals surface area contributed by atoms with E-state index in [2.05, 4.69) is 25.5 Å². The van der Waals surface area contributed by atoms with Gasteiger partial charge < -0.3 is 34.7 Å². The van der Waals surface area contributed by atoms with Crippen molar-refractivity contribution in [2.75, 3.05) is 50.2 Å². The number of morpholine rings is 1. The van der Waals surface area contributed by atoms with Gasteiger partial charge in [-0.05, 0) is 38.5 Å². The number of aromatic nitrogens is 4. The second kappa shape index (κ2) is 12.5. The van der Waals surface area contributed by atoms with Crippen LogP contribution in [-0.2, 0) is 26.4 Å². The second-order valence-corrected chi connectivity index (χ2v) is 10.8. The van der Waals surface area contributed by atoms with Gasteiger partial charge in [0.1, 0.15) is 29.2 Å². The molecule has 13 heteroatoms. The number of carbonyl (C=O) groups excluding carboxylic acids is 2. The first kappa shape index (κ1) is 28.4. The molecule has 3 aromatic rings. The fourth-order valence-electron chi connectivity index (χ4n) is 3.90. The molecule has 0 atom stereocenters. The number of carbonyl (C=O) groups is 2. The summed E-state index contributed by atoms with van der Waals surface area (Å²) >= 11 is 1.48. The zero-order valence-electron chi connectivity index (χ0n) is 22.9. The van der Waals surface area contributed by atoms with Gasteiger partial charge in [-0.15, -0.1) is 0 Å². The maximum absolute atomic E-state index is 12.5. The number of H-pyrrole nitrogens is 1. The number of benzene rings is 1. The Labute approximate surface area is 231 Å². The monoisotopic (exact) mass is 557 g/mol. The van der Waals surface area contributed by atoms with Crippen LogP contribution in [0.3, 0.4) is 0 Å². The van der Waals surface area contributed by atoms with Crippen molar-refractivity contribution in [3.63, 3.8) is 0 Å². The highest BCUT2D eigenvalue weighted by atomic mass is 32.2. The molecular formula is C26H35N7O5S. The normalized spacial score (nSPS) is 13.8. The summed E-state index contributed by atoms with van der Waals surface area (Å²) in [7, 11) is 1.53. The first-order chi connectivity index (χ1) is 18.6. The summed E-state index contributed by atoms with van der Waals surface area (Å²) in [6.45, 7) is 9.87. The van der Waals surface area contributed by atoms with Crippen molar-refractivity contribution >= 4 is 46.4 Å². The number of imidazole rings is 1. The number of hydrogen-bond donors (Lipinski definition) is 3. The fraction of sp³-hybridized carbons (Fsp3) is 0.500. The topological polar surface area (TPSA) is 144 Å². The van der Waals surface area contributed by atoms with Crippen LogP contribution in [0.2, 0.25) is 0 Å². The van der Waals surface area contributed by atoms with Crippen molar-refractivity contribution in [2.24, 2.45) is 0 Å². The number of fused-ring (bicyclic) bond motifs is 1. The van der Waals surface area contributed by atoms with Crippen molar-refractivity contribution in [2.45, 2.75) is 50.6 Å². The lowest BCUT2D eigenvalue weighted by Gasteiger charge is -2.28. The van der Waals surface area contributed by atoms with Crippen molar-refractivity contribution in [1.82, 2.24) is 25.3 Å². The average molecular weight is 558 g/mol. The smallest absolute Gasteiger partial charge is 0.408 e. The van der Waals surface area contributed by atoms with Crippen LogP contribution in [0.25, 0.3) is 11.2 Å². The molecule has 1 saturated heterocycles. The summed E-state index contributed by atoms with van der Waals surface area (Å²) in [6.07, 6.45) is 0.112. The zero-order valence-corrected chi connectivity index (χ0v) is 23.7. The molecule has 0 spiro atoms. The standard InChI is InChI=1S/C26H35N7O5S/c1-6-19-29-21-22(30-19)31-24(32-23(21)33-9-11-37-12-10-33)39-15-16-7-8-18(36-5)17(13-16)28-20(34)14-27-25(35)38-26(2,3)4/h7-8,13H,6,9-12,14-15H2,1-5H3,(H,27,35)(H,28,34)(H,29,30,31,32). The Morgan fingerprint density at radius 2 is 1.95 bits per heavy atom. The third-order valence-electron chi connectivity index (χ3n) is 5.70. The molecule has 0 unspecified atom stereocenters. The van der Waals surface area contributed by atoms with Gasteiger partial charge in [0, 0.05) is 25.3 Å². The SMILES string of the molecule is CCc1nc2nc(SCc3ccc(OC)c(NC(=O)CNC(=O)OC(C)(C)C)c3)nc(N3CCOCC3)c2[nH]1. The molecule has 2 amide bonds. The minimum atomic E-state index is -0.661. The van der Waals surface area contributed by atoms with E-state index in [9.17, 15) is 9.59 Å². The Balaban J connectivity index is 1.46. The number of aromatic amines is 1. The van der Waals surface area contributed by atoms with E-state index in [0.717, 1.165) is 42.2 Å². The summed E-state index contributed by atoms with van der Waals surface area (Å²) in [5, 5.41) is 5.86. The van der Waals surface area contributed by atoms with Crippen LogP contribution >= 0.6 is 11.8 Å². The number of rotatable bonds is 9. The molecule has 1 aromatic carbocycles. The van der Waals surface area contributed by atoms with Gasteiger partial charge in [0.15, 0.2) is 16.6 Å². The lowest BCUT2D eigenvalue weighted by atomic mass is 10.2. The Hall–Kier alpha value is -3.58. The van der Waals surface area contributed by atoms with Crippen LogP contribution in [0.5, 0.6) is 5.75 Å². The largest absolute Gasteiger partial charge is 0.495 e. The first-order valence-electron chi connectivity index (χ1n) is 12.8. The van der Waals surface area contributed by atoms with Crippen molar-refractivity contribution in [1.29, 1.82) is 0 Å². The van der Waals surface area contributed by atoms with Crippen molar-refractivity contribution < 1.29 is 23.8 Å². The number of anilines is 2. The van der Waals surface area contributed by atoms with Gasteiger partial charge in [-0.25, -0.2) is 19.7 Å². The van der Waals surface area contributed by atoms with Crippen LogP contribution in [0, 0.1) is 0 Å². The minimum absolute atomic E-state index is 0.237. The van der Waals surface area contributed by atoms with Gasteiger partial charge in [0.2, 0.25) is 5.91 Å². The van der Waals surface area contributed by atoms with E-state index in [4.69, 9.17) is 24.2 Å². The minimum Gasteiger partial charge on any atom is -0.495 e. The number of nitrogens with one attached hydrogen (secondary N) is 3. The predicted octanol–water partition coefficient (Wildman–Crippen LogP) is 3.52. The fourth-order valence-corrected chi connectivity index (χ4v) is 4.68. The van der Waals surface area contributed by atoms with Crippen LogP contribution in [0.4, 0.5) is 16.3 Å². The number of ether oxygens (including phenoxy) is 3. The molecule has 1 aliphatic heterocycles. The highest BCUT2D eigenvalue weighted by Gasteiger charge is 2.21. The number of nitrogens with zero attached hydrogens (tertiary/aromatic N) is 4. The summed E-state index contributed by atoms with van der Waals surface area (Å²) in [6, 6.07) is 5.55. The zero-order chi connectivity index (χ0) is 28.0. The van der Waals surface area contributed by atoms with E-state index in [1.165, 1.54) is 18.9 Å². The Kier molecular flexibility index (Phi) is 9.12. The van der Waals surface area contributed by atoms with Crippen LogP contribution < -0.4 is 20.3 Å². The van der Waals surface area contributed by atoms with E-state index in [-0.39, 0.29) is 6.54 Å². The van der Waals surface area contributed by atoms with Gasteiger partial charge in [-0.1, -0.05) is 24.8 Å². The summed E-state index contributed by atoms with van der Waals surface area (Å²) in [5.74, 6) is 2.36. The summed E-state index contributed by atoms with van der Waals surface area (Å²) in [5.41, 5.74) is 2.27. The number of hydrogen-bond acceptors (Lipinski definition) is 10. The Morgan fingerprint density at radius 1 is 1.18 bits per heavy atom. The van der Waals surface area contributed by atoms with E-state index < -0.39 is 17.6 Å². The molecule has 0 aliphatic carbocycles. The number of thioether (sulfide) groups is 1. The third kappa shape index (κ3) is 7.73. The van der Waals surface area contributed by atoms with Gasteiger partial charge in [0.25, 0.3) is 0 Å². The molecule has 12 nitrogen and oxygen atoms in total. The molecule has 2 aromatic heterocycles. The van der Waals surface area contributed by atoms with Gasteiger partial charge in [-0.2, -0.15) is 0 Å². The van der Waals surface area contributed by atoms with Gasteiger partial charge >= 0.3 is 6.09 Å². The number of methoxy groups -OCH3 is 1. The predicted molar refractivity (Wildman–Crippen MR) is 150 cm³/mol.